The van der Waals surface area contributed by atoms with E-state index < -0.39 is 118 Å². The number of ether oxygens (including phenoxy) is 6. The second-order valence-electron chi connectivity index (χ2n) is 36.2. The van der Waals surface area contributed by atoms with Crippen LogP contribution < -0.4 is 56.7 Å². The predicted octanol–water partition coefficient (Wildman–Crippen LogP) is 10.9. The summed E-state index contributed by atoms with van der Waals surface area (Å²) >= 11 is 0. The minimum absolute atomic E-state index is 0.0101. The first-order valence-electron chi connectivity index (χ1n) is 51.2. The van der Waals surface area contributed by atoms with Gasteiger partial charge in [0.2, 0.25) is 65.0 Å². The molecule has 142 heavy (non-hydrogen) atoms. The van der Waals surface area contributed by atoms with E-state index in [0.29, 0.717) is 60.4 Å². The molecule has 0 aliphatic heterocycles. The van der Waals surface area contributed by atoms with Crippen molar-refractivity contribution in [3.05, 3.63) is 191 Å². The van der Waals surface area contributed by atoms with Gasteiger partial charge in [-0.1, -0.05) is 202 Å². The summed E-state index contributed by atoms with van der Waals surface area (Å²) in [6.45, 7) is -0.792. The summed E-state index contributed by atoms with van der Waals surface area (Å²) in [6.07, 6.45) is 30.9. The van der Waals surface area contributed by atoms with E-state index in [9.17, 15) is 19.2 Å². The third-order valence-electron chi connectivity index (χ3n) is 25.4. The van der Waals surface area contributed by atoms with Gasteiger partial charge in [0.25, 0.3) is 0 Å². The third kappa shape index (κ3) is 47.2. The highest BCUT2D eigenvalue weighted by atomic mass is 16.5. The highest BCUT2D eigenvalue weighted by Gasteiger charge is 2.34. The van der Waals surface area contributed by atoms with Gasteiger partial charge in [-0.05, 0) is 190 Å². The molecule has 0 heterocycles. The predicted molar refractivity (Wildman–Crippen MR) is 557 cm³/mol. The van der Waals surface area contributed by atoms with Crippen LogP contribution in [0.1, 0.15) is 188 Å². The van der Waals surface area contributed by atoms with E-state index in [-0.39, 0.29) is 130 Å². The summed E-state index contributed by atoms with van der Waals surface area (Å²) in [6, 6.07) is 43.2. The second-order valence-corrected chi connectivity index (χ2v) is 36.2. The number of allylic oxidation sites excluding steroid dienone is 2. The maximum absolute atomic E-state index is 15.6. The Morgan fingerprint density at radius 3 is 0.648 bits per heavy atom. The average Bonchev–Trinajstić information content (AvgIpc) is 0.848. The monoisotopic (exact) mass is 1970 g/mol. The van der Waals surface area contributed by atoms with Crippen molar-refractivity contribution in [1.29, 1.82) is 0 Å². The molecule has 0 aliphatic carbocycles. The van der Waals surface area contributed by atoms with Crippen LogP contribution in [0.15, 0.2) is 158 Å². The summed E-state index contributed by atoms with van der Waals surface area (Å²) in [7, 11) is 9.26. The van der Waals surface area contributed by atoms with Crippen molar-refractivity contribution in [2.45, 2.75) is 194 Å². The third-order valence-corrected chi connectivity index (χ3v) is 25.4. The fraction of sp³-hybridized carbons (Fsp3) is 0.555. The molecule has 0 saturated carbocycles. The fourth-order valence-corrected chi connectivity index (χ4v) is 16.5. The lowest BCUT2D eigenvalue weighted by Gasteiger charge is -2.33. The van der Waals surface area contributed by atoms with Crippen molar-refractivity contribution in [3.63, 3.8) is 0 Å². The van der Waals surface area contributed by atoms with E-state index in [1.165, 1.54) is 129 Å². The number of methoxy groups -OCH3 is 6. The average molecular weight is 1970 g/mol. The van der Waals surface area contributed by atoms with Crippen LogP contribution in [-0.2, 0) is 91.3 Å². The van der Waals surface area contributed by atoms with Crippen molar-refractivity contribution < 1.29 is 81.2 Å². The second kappa shape index (κ2) is 70.5. The Bertz CT molecular complexity index is 4670. The molecule has 0 atom stereocenters. The lowest BCUT2D eigenvalue weighted by molar-refractivity contribution is -0.149. The summed E-state index contributed by atoms with van der Waals surface area (Å²) < 4.78 is 32.6. The van der Waals surface area contributed by atoms with E-state index in [1.807, 2.05) is 72.8 Å². The van der Waals surface area contributed by atoms with E-state index in [1.54, 1.807) is 106 Å². The Morgan fingerprint density at radius 1 is 0.239 bits per heavy atom. The number of nitrogens with zero attached hydrogens (tertiary/aromatic N) is 10. The van der Waals surface area contributed by atoms with E-state index >= 15 is 33.6 Å². The molecule has 0 radical (unpaired) electrons. The van der Waals surface area contributed by atoms with Gasteiger partial charge in [-0.15, -0.1) is 0 Å². The van der Waals surface area contributed by atoms with Gasteiger partial charge in [-0.2, -0.15) is 0 Å². The number of nitrogens with two attached hydrogens (primary N) is 4. The van der Waals surface area contributed by atoms with Crippen LogP contribution in [0.2, 0.25) is 0 Å². The maximum Gasteiger partial charge on any atom is 0.242 e. The minimum atomic E-state index is -0.770. The number of benzene rings is 6. The summed E-state index contributed by atoms with van der Waals surface area (Å²) in [5.74, 6) is -3.14. The molecule has 0 fully saturated rings. The molecule has 0 bridgehead atoms. The summed E-state index contributed by atoms with van der Waals surface area (Å²) in [5, 5.41) is 3.36. The highest BCUT2D eigenvalue weighted by molar-refractivity contribution is 5.95. The summed E-state index contributed by atoms with van der Waals surface area (Å²) in [4.78, 5) is 178. The van der Waals surface area contributed by atoms with Crippen LogP contribution in [-0.4, -0.2) is 320 Å². The zero-order valence-corrected chi connectivity index (χ0v) is 86.2. The molecule has 0 unspecified atom stereocenters. The van der Waals surface area contributed by atoms with Crippen LogP contribution >= 0.6 is 0 Å². The molecule has 11 amide bonds. The number of rotatable bonds is 77. The van der Waals surface area contributed by atoms with Crippen LogP contribution in [0.5, 0.6) is 34.5 Å². The molecular formula is C110H165N15O17. The molecule has 0 saturated heterocycles. The number of primary amides is 1. The van der Waals surface area contributed by atoms with Crippen LogP contribution in [0, 0.1) is 0 Å². The zero-order chi connectivity index (χ0) is 103. The Hall–Kier alpha value is -12.1. The van der Waals surface area contributed by atoms with Gasteiger partial charge in [-0.3, -0.25) is 52.7 Å². The van der Waals surface area contributed by atoms with Gasteiger partial charge in [0.05, 0.1) is 115 Å². The molecule has 6 aromatic carbocycles. The molecule has 0 aliphatic rings. The van der Waals surface area contributed by atoms with Gasteiger partial charge >= 0.3 is 0 Å². The number of carbonyl (C=O) groups is 11. The van der Waals surface area contributed by atoms with Crippen molar-refractivity contribution in [1.82, 2.24) is 54.3 Å². The fourth-order valence-electron chi connectivity index (χ4n) is 16.5. The zero-order valence-electron chi connectivity index (χ0n) is 86.2. The number of nitrogens with one attached hydrogen (secondary N) is 1. The summed E-state index contributed by atoms with van der Waals surface area (Å²) in [5.41, 5.74) is 29.4. The lowest BCUT2D eigenvalue weighted by atomic mass is 10.1. The minimum Gasteiger partial charge on any atom is -0.497 e. The van der Waals surface area contributed by atoms with Crippen molar-refractivity contribution >= 4 is 65.0 Å². The van der Waals surface area contributed by atoms with Crippen LogP contribution in [0.3, 0.4) is 0 Å². The van der Waals surface area contributed by atoms with Crippen molar-refractivity contribution in [2.75, 3.05) is 206 Å². The van der Waals surface area contributed by atoms with Gasteiger partial charge in [0.1, 0.15) is 34.5 Å². The molecular weight excluding hydrogens is 1800 g/mol. The molecule has 0 spiro atoms. The molecule has 32 heteroatoms. The smallest absolute Gasteiger partial charge is 0.242 e. The highest BCUT2D eigenvalue weighted by Crippen LogP contribution is 2.23. The van der Waals surface area contributed by atoms with Crippen LogP contribution in [0.4, 0.5) is 0 Å². The molecule has 0 aromatic heterocycles. The quantitative estimate of drug-likeness (QED) is 0.0175. The normalized spacial score (nSPS) is 11.1. The largest absolute Gasteiger partial charge is 0.497 e. The van der Waals surface area contributed by atoms with Gasteiger partial charge in [0, 0.05) is 85.1 Å². The van der Waals surface area contributed by atoms with Crippen molar-refractivity contribution in [3.8, 4) is 34.5 Å². The number of carbonyl (C=O) groups excluding carboxylic acids is 11. The maximum atomic E-state index is 15.6. The topological polar surface area (TPSA) is 392 Å². The Kier molecular flexibility index (Phi) is 58.9. The number of amides is 11. The molecule has 9 N–H and O–H groups in total. The van der Waals surface area contributed by atoms with Gasteiger partial charge in [-0.25, -0.2) is 0 Å². The van der Waals surface area contributed by atoms with Crippen LogP contribution in [0.25, 0.3) is 0 Å². The number of unbranched alkanes of at least 4 members (excludes halogenated alkanes) is 19. The van der Waals surface area contributed by atoms with Gasteiger partial charge < -0.3 is 106 Å². The lowest BCUT2D eigenvalue weighted by Crippen LogP contribution is -2.54. The Labute approximate surface area is 844 Å². The standard InChI is InChI=1S/C110H165N15O17/c1-9-11-13-15-17-19-21-22-23-24-25-27-29-31-66-115-77-101(127)116(67-32-30-28-26-20-18-16-14-12-10-2)79-108(134)123(74-63-111)85-106(132)119(70-59-90-37-49-96(139-5)50-38-90)81-103(129)122(73-62-93-43-55-99(142-8)56-44-93)84-110(136)125(76-65-113)87-107(133)120(71-60-91-39-51-97(140-6)52-40-91)82-104(130)121(72-61-92-41-53-98(141-7)54-42-92)83-109(135)124(75-64-112)86-105(131)118(69-58-89-35-47-95(138-4)48-36-89)80-102(128)117(78-100(114)126)68-57-88-33-45-94(137-3)46-34-88/h19,21,33-56,115H,9-18,20,22-32,57-87,111-113H2,1-8H3,(H2,114,126)/b21-19+. The van der Waals surface area contributed by atoms with E-state index in [0.717, 1.165) is 97.6 Å². The number of hydrogen-bond acceptors (Lipinski definition) is 21. The Balaban J connectivity index is 1.29. The van der Waals surface area contributed by atoms with Crippen molar-refractivity contribution in [2.24, 2.45) is 22.9 Å². The number of hydrogen-bond donors (Lipinski definition) is 5. The molecule has 6 aromatic rings. The SMILES string of the molecule is CCCCCC/C=C/CCCCCCCCNCC(=O)N(CCCCCCCCCCCC)CC(=O)N(CCN)CC(=O)N(CCc1ccc(OC)cc1)CC(=O)N(CCc1ccc(OC)cc1)CC(=O)N(CCN)CC(=O)N(CCc1ccc(OC)cc1)CC(=O)N(CCc1ccc(OC)cc1)CC(=O)N(CCN)CC(=O)N(CCc1ccc(OC)cc1)CC(=O)N(CCc1ccc(OC)cc1)CC(N)=O. The van der Waals surface area contributed by atoms with Gasteiger partial charge in [0.15, 0.2) is 0 Å². The first-order chi connectivity index (χ1) is 68.9. The van der Waals surface area contributed by atoms with E-state index in [2.05, 4.69) is 31.3 Å². The molecule has 6 rings (SSSR count). The first kappa shape index (κ1) is 119. The van der Waals surface area contributed by atoms with E-state index in [4.69, 9.17) is 51.4 Å². The first-order valence-corrected chi connectivity index (χ1v) is 51.2. The molecule has 782 valence electrons. The Morgan fingerprint density at radius 2 is 0.430 bits per heavy atom. The molecule has 32 nitrogen and oxygen atoms in total.